The third-order valence-electron chi connectivity index (χ3n) is 4.15. The van der Waals surface area contributed by atoms with E-state index in [0.29, 0.717) is 6.54 Å². The number of aryl methyl sites for hydroxylation is 1. The van der Waals surface area contributed by atoms with Gasteiger partial charge in [0.1, 0.15) is 23.5 Å². The number of aromatic amines is 1. The van der Waals surface area contributed by atoms with E-state index in [4.69, 9.17) is 0 Å². The van der Waals surface area contributed by atoms with Crippen LogP contribution in [0.1, 0.15) is 11.1 Å². The maximum atomic E-state index is 9.44. The fourth-order valence-corrected chi connectivity index (χ4v) is 2.89. The molecule has 124 valence electrons. The molecule has 0 saturated carbocycles. The average molecular weight is 330 g/mol. The normalized spacial score (nSPS) is 10.9. The van der Waals surface area contributed by atoms with Gasteiger partial charge < -0.3 is 15.4 Å². The lowest BCUT2D eigenvalue weighted by molar-refractivity contribution is 0.475. The van der Waals surface area contributed by atoms with Gasteiger partial charge in [0, 0.05) is 12.2 Å². The molecule has 2 heterocycles. The molecule has 0 unspecified atom stereocenters. The Kier molecular flexibility index (Phi) is 3.82. The van der Waals surface area contributed by atoms with Crippen LogP contribution >= 0.6 is 0 Å². The Balaban J connectivity index is 1.64. The van der Waals surface area contributed by atoms with Gasteiger partial charge in [-0.15, -0.1) is 0 Å². The minimum Gasteiger partial charge on any atom is -0.508 e. The number of hydrogen-bond donors (Lipinski definition) is 3. The Morgan fingerprint density at radius 2 is 1.88 bits per heavy atom. The van der Waals surface area contributed by atoms with Gasteiger partial charge in [-0.25, -0.2) is 9.97 Å². The van der Waals surface area contributed by atoms with Crippen molar-refractivity contribution in [2.24, 2.45) is 0 Å². The molecule has 2 aromatic heterocycles. The summed E-state index contributed by atoms with van der Waals surface area (Å²) in [4.78, 5) is 12.0. The zero-order valence-corrected chi connectivity index (χ0v) is 13.8. The molecule has 0 radical (unpaired) electrons. The molecule has 0 amide bonds. The lowest BCUT2D eigenvalue weighted by Crippen LogP contribution is -2.02. The highest BCUT2D eigenvalue weighted by Crippen LogP contribution is 2.27. The van der Waals surface area contributed by atoms with Gasteiger partial charge in [-0.05, 0) is 48.4 Å². The summed E-state index contributed by atoms with van der Waals surface area (Å²) >= 11 is 0. The Morgan fingerprint density at radius 3 is 2.68 bits per heavy atom. The van der Waals surface area contributed by atoms with Crippen molar-refractivity contribution in [2.75, 3.05) is 5.32 Å². The fourth-order valence-electron chi connectivity index (χ4n) is 2.89. The van der Waals surface area contributed by atoms with E-state index in [1.165, 1.54) is 11.1 Å². The predicted octanol–water partition coefficient (Wildman–Crippen LogP) is 4.25. The van der Waals surface area contributed by atoms with Crippen LogP contribution in [0.5, 0.6) is 5.75 Å². The van der Waals surface area contributed by atoms with Crippen molar-refractivity contribution in [3.05, 3.63) is 72.1 Å². The molecule has 0 saturated heterocycles. The molecule has 0 atom stereocenters. The summed E-state index contributed by atoms with van der Waals surface area (Å²) in [5, 5.41) is 13.8. The molecule has 2 aromatic carbocycles. The number of aromatic hydroxyl groups is 1. The molecule has 0 aliphatic heterocycles. The van der Waals surface area contributed by atoms with Crippen LogP contribution in [0.25, 0.3) is 22.3 Å². The van der Waals surface area contributed by atoms with E-state index in [0.717, 1.165) is 28.1 Å². The maximum Gasteiger partial charge on any atom is 0.143 e. The molecule has 4 rings (SSSR count). The summed E-state index contributed by atoms with van der Waals surface area (Å²) in [6, 6.07) is 17.5. The quantitative estimate of drug-likeness (QED) is 0.523. The smallest absolute Gasteiger partial charge is 0.143 e. The summed E-state index contributed by atoms with van der Waals surface area (Å²) in [6.45, 7) is 2.79. The maximum absolute atomic E-state index is 9.44. The minimum absolute atomic E-state index is 0.250. The first-order chi connectivity index (χ1) is 12.2. The van der Waals surface area contributed by atoms with Gasteiger partial charge in [-0.2, -0.15) is 0 Å². The van der Waals surface area contributed by atoms with Crippen molar-refractivity contribution in [1.82, 2.24) is 15.0 Å². The van der Waals surface area contributed by atoms with Crippen LogP contribution < -0.4 is 5.32 Å². The highest BCUT2D eigenvalue weighted by Gasteiger charge is 2.09. The van der Waals surface area contributed by atoms with E-state index in [2.05, 4.69) is 51.5 Å². The van der Waals surface area contributed by atoms with Gasteiger partial charge in [-0.3, -0.25) is 0 Å². The summed E-state index contributed by atoms with van der Waals surface area (Å²) in [7, 11) is 0. The van der Waals surface area contributed by atoms with Crippen LogP contribution in [0, 0.1) is 6.92 Å². The molecule has 25 heavy (non-hydrogen) atoms. The number of phenols is 1. The zero-order chi connectivity index (χ0) is 17.2. The topological polar surface area (TPSA) is 73.8 Å². The number of nitrogens with zero attached hydrogens (tertiary/aromatic N) is 2. The zero-order valence-electron chi connectivity index (χ0n) is 13.8. The van der Waals surface area contributed by atoms with Crippen molar-refractivity contribution in [1.29, 1.82) is 0 Å². The van der Waals surface area contributed by atoms with Gasteiger partial charge in [0.25, 0.3) is 0 Å². The van der Waals surface area contributed by atoms with E-state index in [-0.39, 0.29) is 5.75 Å². The number of aromatic nitrogens is 3. The molecule has 0 fully saturated rings. The van der Waals surface area contributed by atoms with Gasteiger partial charge in [0.05, 0.1) is 5.39 Å². The number of fused-ring (bicyclic) bond motifs is 1. The lowest BCUT2D eigenvalue weighted by Gasteiger charge is -2.07. The molecule has 4 aromatic rings. The third kappa shape index (κ3) is 3.17. The molecular weight excluding hydrogens is 312 g/mol. The summed E-state index contributed by atoms with van der Waals surface area (Å²) in [5.74, 6) is 1.05. The molecule has 0 spiro atoms. The van der Waals surface area contributed by atoms with Crippen LogP contribution in [-0.4, -0.2) is 20.1 Å². The number of benzene rings is 2. The number of nitrogens with one attached hydrogen (secondary N) is 2. The van der Waals surface area contributed by atoms with E-state index in [1.807, 2.05) is 18.2 Å². The monoisotopic (exact) mass is 330 g/mol. The second kappa shape index (κ2) is 6.28. The van der Waals surface area contributed by atoms with E-state index >= 15 is 0 Å². The Bertz CT molecular complexity index is 1020. The van der Waals surface area contributed by atoms with Crippen LogP contribution in [0.4, 0.5) is 5.82 Å². The number of rotatable bonds is 4. The predicted molar refractivity (Wildman–Crippen MR) is 99.5 cm³/mol. The lowest BCUT2D eigenvalue weighted by atomic mass is 10.1. The first-order valence-corrected chi connectivity index (χ1v) is 8.11. The van der Waals surface area contributed by atoms with Crippen LogP contribution in [-0.2, 0) is 6.54 Å². The summed E-state index contributed by atoms with van der Waals surface area (Å²) < 4.78 is 0. The minimum atomic E-state index is 0.250. The SMILES string of the molecule is Cc1cccc(CNc2ncnc3[nH]c(-c4ccc(O)cc4)cc23)c1. The molecule has 5 nitrogen and oxygen atoms in total. The second-order valence-electron chi connectivity index (χ2n) is 6.06. The van der Waals surface area contributed by atoms with Crippen molar-refractivity contribution < 1.29 is 5.11 Å². The van der Waals surface area contributed by atoms with Crippen LogP contribution in [0.3, 0.4) is 0 Å². The highest BCUT2D eigenvalue weighted by atomic mass is 16.3. The van der Waals surface area contributed by atoms with Crippen molar-refractivity contribution in [3.63, 3.8) is 0 Å². The fraction of sp³-hybridized carbons (Fsp3) is 0.100. The Labute approximate surface area is 145 Å². The molecule has 5 heteroatoms. The largest absolute Gasteiger partial charge is 0.508 e. The van der Waals surface area contributed by atoms with Crippen LogP contribution in [0.15, 0.2) is 60.9 Å². The Morgan fingerprint density at radius 1 is 1.04 bits per heavy atom. The van der Waals surface area contributed by atoms with Crippen molar-refractivity contribution in [2.45, 2.75) is 13.5 Å². The number of phenolic OH excluding ortho intramolecular Hbond substituents is 1. The molecule has 0 bridgehead atoms. The molecule has 0 aliphatic carbocycles. The second-order valence-corrected chi connectivity index (χ2v) is 6.06. The van der Waals surface area contributed by atoms with Gasteiger partial charge in [0.2, 0.25) is 0 Å². The number of hydrogen-bond acceptors (Lipinski definition) is 4. The number of anilines is 1. The van der Waals surface area contributed by atoms with Crippen molar-refractivity contribution >= 4 is 16.9 Å². The molecular formula is C20H18N4O. The standard InChI is InChI=1S/C20H18N4O/c1-13-3-2-4-14(9-13)11-21-19-17-10-18(24-20(17)23-12-22-19)15-5-7-16(25)8-6-15/h2-10,12,25H,11H2,1H3,(H2,21,22,23,24). The van der Waals surface area contributed by atoms with Crippen LogP contribution in [0.2, 0.25) is 0 Å². The van der Waals surface area contributed by atoms with Gasteiger partial charge in [0.15, 0.2) is 0 Å². The van der Waals surface area contributed by atoms with E-state index in [9.17, 15) is 5.11 Å². The van der Waals surface area contributed by atoms with Gasteiger partial charge in [-0.1, -0.05) is 29.8 Å². The van der Waals surface area contributed by atoms with Gasteiger partial charge >= 0.3 is 0 Å². The average Bonchev–Trinajstić information content (AvgIpc) is 3.05. The van der Waals surface area contributed by atoms with E-state index in [1.54, 1.807) is 18.5 Å². The first kappa shape index (κ1) is 15.2. The third-order valence-corrected chi connectivity index (χ3v) is 4.15. The molecule has 0 aliphatic rings. The molecule has 3 N–H and O–H groups in total. The highest BCUT2D eigenvalue weighted by molar-refractivity contribution is 5.91. The van der Waals surface area contributed by atoms with E-state index < -0.39 is 0 Å². The summed E-state index contributed by atoms with van der Waals surface area (Å²) in [6.07, 6.45) is 1.55. The first-order valence-electron chi connectivity index (χ1n) is 8.11. The Hall–Kier alpha value is -3.34. The summed E-state index contributed by atoms with van der Waals surface area (Å²) in [5.41, 5.74) is 5.16. The van der Waals surface area contributed by atoms with Crippen molar-refractivity contribution in [3.8, 4) is 17.0 Å². The number of H-pyrrole nitrogens is 1.